The molecule has 0 aromatic heterocycles. The van der Waals surface area contributed by atoms with E-state index >= 15 is 0 Å². The largest absolute Gasteiger partial charge is 0.372 e. The third kappa shape index (κ3) is 7.17. The Kier molecular flexibility index (Phi) is 8.16. The van der Waals surface area contributed by atoms with Crippen LogP contribution < -0.4 is 15.8 Å². The van der Waals surface area contributed by atoms with E-state index in [2.05, 4.69) is 43.4 Å². The van der Waals surface area contributed by atoms with Gasteiger partial charge in [0.1, 0.15) is 0 Å². The molecule has 1 rings (SSSR count). The molecule has 5 nitrogen and oxygen atoms in total. The summed E-state index contributed by atoms with van der Waals surface area (Å²) in [5.41, 5.74) is 6.12. The number of nitrogens with one attached hydrogen (secondary N) is 2. The summed E-state index contributed by atoms with van der Waals surface area (Å²) in [6.45, 7) is 11.0. The first-order chi connectivity index (χ1) is 10.9. The Morgan fingerprint density at radius 2 is 1.57 bits per heavy atom. The highest BCUT2D eigenvalue weighted by Crippen LogP contribution is 2.18. The Labute approximate surface area is 139 Å². The number of carbonyl (C=O) groups is 2. The number of amides is 2. The van der Waals surface area contributed by atoms with Gasteiger partial charge in [-0.3, -0.25) is 20.4 Å². The minimum Gasteiger partial charge on any atom is -0.372 e. The van der Waals surface area contributed by atoms with Crippen molar-refractivity contribution >= 4 is 18.0 Å². The molecule has 1 aromatic carbocycles. The van der Waals surface area contributed by atoms with Crippen LogP contribution in [0.5, 0.6) is 0 Å². The molecule has 0 aliphatic carbocycles. The van der Waals surface area contributed by atoms with Crippen LogP contribution in [0, 0.1) is 11.8 Å². The molecular formula is C18H29N3O2. The molecule has 2 N–H and O–H groups in total. The zero-order valence-corrected chi connectivity index (χ0v) is 14.6. The fourth-order valence-corrected chi connectivity index (χ4v) is 2.19. The van der Waals surface area contributed by atoms with Crippen molar-refractivity contribution in [3.05, 3.63) is 29.8 Å². The summed E-state index contributed by atoms with van der Waals surface area (Å²) in [5.74, 6) is 1.01. The lowest BCUT2D eigenvalue weighted by Crippen LogP contribution is -2.36. The summed E-state index contributed by atoms with van der Waals surface area (Å²) in [6, 6.07) is 7.51. The molecule has 0 fully saturated rings. The minimum atomic E-state index is -0.320. The normalized spacial score (nSPS) is 10.7. The van der Waals surface area contributed by atoms with Crippen molar-refractivity contribution in [3.63, 3.8) is 0 Å². The molecule has 0 unspecified atom stereocenters. The van der Waals surface area contributed by atoms with Crippen LogP contribution in [0.3, 0.4) is 0 Å². The fraction of sp³-hybridized carbons (Fsp3) is 0.556. The average molecular weight is 319 g/mol. The first kappa shape index (κ1) is 19.0. The quantitative estimate of drug-likeness (QED) is 0.515. The van der Waals surface area contributed by atoms with E-state index in [1.807, 2.05) is 12.1 Å². The zero-order chi connectivity index (χ0) is 17.2. The van der Waals surface area contributed by atoms with Gasteiger partial charge in [-0.15, -0.1) is 0 Å². The molecular weight excluding hydrogens is 290 g/mol. The lowest BCUT2D eigenvalue weighted by Gasteiger charge is -2.26. The van der Waals surface area contributed by atoms with Gasteiger partial charge in [0.25, 0.3) is 5.91 Å². The van der Waals surface area contributed by atoms with Crippen molar-refractivity contribution in [2.75, 3.05) is 18.0 Å². The SMILES string of the molecule is CC(C)CCN(CCC(C)C)c1ccc(C(=O)NNC=O)cc1. The van der Waals surface area contributed by atoms with Gasteiger partial charge < -0.3 is 4.90 Å². The monoisotopic (exact) mass is 319 g/mol. The van der Waals surface area contributed by atoms with E-state index in [9.17, 15) is 9.59 Å². The third-order valence-corrected chi connectivity index (χ3v) is 3.69. The Morgan fingerprint density at radius 3 is 2.00 bits per heavy atom. The summed E-state index contributed by atoms with van der Waals surface area (Å²) < 4.78 is 0. The first-order valence-corrected chi connectivity index (χ1v) is 8.28. The third-order valence-electron chi connectivity index (χ3n) is 3.69. The summed E-state index contributed by atoms with van der Waals surface area (Å²) in [5, 5.41) is 0. The number of hydrazine groups is 1. The standard InChI is InChI=1S/C18H29N3O2/c1-14(2)9-11-21(12-10-15(3)4)17-7-5-16(6-8-17)18(23)20-19-13-22/h5-8,13-15H,9-12H2,1-4H3,(H,19,22)(H,20,23). The molecule has 0 atom stereocenters. The maximum absolute atomic E-state index is 11.8. The summed E-state index contributed by atoms with van der Waals surface area (Å²) in [6.07, 6.45) is 2.72. The van der Waals surface area contributed by atoms with E-state index in [0.29, 0.717) is 23.8 Å². The molecule has 2 amide bonds. The smallest absolute Gasteiger partial charge is 0.269 e. The van der Waals surface area contributed by atoms with Gasteiger partial charge in [-0.2, -0.15) is 0 Å². The molecule has 0 saturated carbocycles. The second kappa shape index (κ2) is 9.87. The van der Waals surface area contributed by atoms with Crippen molar-refractivity contribution in [2.24, 2.45) is 11.8 Å². The Bertz CT molecular complexity index is 472. The second-order valence-corrected chi connectivity index (χ2v) is 6.62. The molecule has 0 aliphatic heterocycles. The highest BCUT2D eigenvalue weighted by molar-refractivity contribution is 5.94. The van der Waals surface area contributed by atoms with Crippen LogP contribution in [0.25, 0.3) is 0 Å². The van der Waals surface area contributed by atoms with Gasteiger partial charge in [0.2, 0.25) is 6.41 Å². The number of benzene rings is 1. The number of hydrogen-bond donors (Lipinski definition) is 2. The van der Waals surface area contributed by atoms with E-state index in [4.69, 9.17) is 0 Å². The number of anilines is 1. The van der Waals surface area contributed by atoms with E-state index < -0.39 is 0 Å². The number of rotatable bonds is 10. The Morgan fingerprint density at radius 1 is 1.04 bits per heavy atom. The highest BCUT2D eigenvalue weighted by Gasteiger charge is 2.10. The maximum Gasteiger partial charge on any atom is 0.269 e. The topological polar surface area (TPSA) is 61.4 Å². The summed E-state index contributed by atoms with van der Waals surface area (Å²) in [7, 11) is 0. The van der Waals surface area contributed by atoms with E-state index in [1.165, 1.54) is 0 Å². The van der Waals surface area contributed by atoms with Crippen LogP contribution in [0.1, 0.15) is 50.9 Å². The van der Waals surface area contributed by atoms with Crippen molar-refractivity contribution in [2.45, 2.75) is 40.5 Å². The molecule has 0 bridgehead atoms. The van der Waals surface area contributed by atoms with Gasteiger partial charge in [-0.05, 0) is 48.9 Å². The average Bonchev–Trinajstić information content (AvgIpc) is 2.52. The molecule has 0 aliphatic rings. The van der Waals surface area contributed by atoms with Crippen LogP contribution in [-0.4, -0.2) is 25.4 Å². The fourth-order valence-electron chi connectivity index (χ4n) is 2.19. The predicted octanol–water partition coefficient (Wildman–Crippen LogP) is 2.98. The highest BCUT2D eigenvalue weighted by atomic mass is 16.2. The van der Waals surface area contributed by atoms with Crippen LogP contribution >= 0.6 is 0 Å². The molecule has 128 valence electrons. The molecule has 0 saturated heterocycles. The minimum absolute atomic E-state index is 0.320. The van der Waals surface area contributed by atoms with Gasteiger partial charge in [-0.25, -0.2) is 0 Å². The van der Waals surface area contributed by atoms with E-state index in [0.717, 1.165) is 31.6 Å². The van der Waals surface area contributed by atoms with Crippen LogP contribution in [0.15, 0.2) is 24.3 Å². The predicted molar refractivity (Wildman–Crippen MR) is 94.2 cm³/mol. The Hall–Kier alpha value is -2.04. The van der Waals surface area contributed by atoms with Gasteiger partial charge in [-0.1, -0.05) is 27.7 Å². The maximum atomic E-state index is 11.8. The van der Waals surface area contributed by atoms with E-state index in [-0.39, 0.29) is 5.91 Å². The van der Waals surface area contributed by atoms with Crippen LogP contribution in [0.4, 0.5) is 5.69 Å². The van der Waals surface area contributed by atoms with Crippen molar-refractivity contribution < 1.29 is 9.59 Å². The van der Waals surface area contributed by atoms with Gasteiger partial charge >= 0.3 is 0 Å². The summed E-state index contributed by atoms with van der Waals surface area (Å²) in [4.78, 5) is 24.4. The van der Waals surface area contributed by atoms with E-state index in [1.54, 1.807) is 12.1 Å². The van der Waals surface area contributed by atoms with Crippen molar-refractivity contribution in [3.8, 4) is 0 Å². The number of carbonyl (C=O) groups excluding carboxylic acids is 2. The van der Waals surface area contributed by atoms with Crippen molar-refractivity contribution in [1.29, 1.82) is 0 Å². The molecule has 0 spiro atoms. The second-order valence-electron chi connectivity index (χ2n) is 6.62. The lowest BCUT2D eigenvalue weighted by atomic mass is 10.1. The number of hydrogen-bond acceptors (Lipinski definition) is 3. The van der Waals surface area contributed by atoms with Gasteiger partial charge in [0, 0.05) is 24.3 Å². The molecule has 1 aromatic rings. The van der Waals surface area contributed by atoms with Crippen LogP contribution in [-0.2, 0) is 4.79 Å². The van der Waals surface area contributed by atoms with Crippen molar-refractivity contribution in [1.82, 2.24) is 10.9 Å². The first-order valence-electron chi connectivity index (χ1n) is 8.28. The molecule has 0 heterocycles. The molecule has 23 heavy (non-hydrogen) atoms. The molecule has 5 heteroatoms. The summed E-state index contributed by atoms with van der Waals surface area (Å²) >= 11 is 0. The number of nitrogens with zero attached hydrogens (tertiary/aromatic N) is 1. The molecule has 0 radical (unpaired) electrons. The lowest BCUT2D eigenvalue weighted by molar-refractivity contribution is -0.110. The van der Waals surface area contributed by atoms with Gasteiger partial charge in [0.15, 0.2) is 0 Å². The van der Waals surface area contributed by atoms with Gasteiger partial charge in [0.05, 0.1) is 0 Å². The Balaban J connectivity index is 2.76. The zero-order valence-electron chi connectivity index (χ0n) is 14.6. The van der Waals surface area contributed by atoms with Crippen LogP contribution in [0.2, 0.25) is 0 Å².